The Balaban J connectivity index is 0.000000178. The molecule has 1 aliphatic heterocycles. The van der Waals surface area contributed by atoms with E-state index in [-0.39, 0.29) is 58.0 Å². The normalized spacial score (nSPS) is 25.8. The zero-order chi connectivity index (χ0) is 40.1. The molecule has 7 atom stereocenters. The van der Waals surface area contributed by atoms with Crippen molar-refractivity contribution in [3.63, 3.8) is 0 Å². The lowest BCUT2D eigenvalue weighted by atomic mass is 9.55. The number of aryl methyl sites for hydroxylation is 1. The van der Waals surface area contributed by atoms with Crippen molar-refractivity contribution in [3.8, 4) is 51.7 Å². The summed E-state index contributed by atoms with van der Waals surface area (Å²) < 4.78 is 17.2. The molecule has 0 amide bonds. The van der Waals surface area contributed by atoms with E-state index >= 15 is 0 Å². The molecule has 4 aromatic rings. The van der Waals surface area contributed by atoms with E-state index in [0.29, 0.717) is 35.5 Å². The van der Waals surface area contributed by atoms with Gasteiger partial charge in [0.1, 0.15) is 35.2 Å². The van der Waals surface area contributed by atoms with Crippen LogP contribution in [0.25, 0.3) is 0 Å². The second-order valence-corrected chi connectivity index (χ2v) is 15.5. The van der Waals surface area contributed by atoms with Crippen molar-refractivity contribution in [1.82, 2.24) is 0 Å². The van der Waals surface area contributed by atoms with Crippen molar-refractivity contribution in [2.75, 3.05) is 0 Å². The van der Waals surface area contributed by atoms with Gasteiger partial charge >= 0.3 is 11.9 Å². The Morgan fingerprint density at radius 2 is 1.52 bits per heavy atom. The lowest BCUT2D eigenvalue weighted by Crippen LogP contribution is -2.45. The van der Waals surface area contributed by atoms with Crippen molar-refractivity contribution < 1.29 is 64.7 Å². The van der Waals surface area contributed by atoms with Crippen LogP contribution in [0.15, 0.2) is 60.7 Å². The smallest absolute Gasteiger partial charge is 0.338 e. The third-order valence-corrected chi connectivity index (χ3v) is 12.2. The summed E-state index contributed by atoms with van der Waals surface area (Å²) in [6.07, 6.45) is 5.26. The summed E-state index contributed by atoms with van der Waals surface area (Å²) in [5.41, 5.74) is 3.28. The zero-order valence-corrected chi connectivity index (χ0v) is 31.0. The van der Waals surface area contributed by atoms with Gasteiger partial charge in [-0.15, -0.1) is 0 Å². The number of hydrogen-bond donors (Lipinski definition) is 8. The summed E-state index contributed by atoms with van der Waals surface area (Å²) in [4.78, 5) is 24.5. The van der Waals surface area contributed by atoms with Gasteiger partial charge in [0, 0.05) is 41.5 Å². The first-order chi connectivity index (χ1) is 26.7. The van der Waals surface area contributed by atoms with E-state index in [2.05, 4.69) is 13.0 Å². The first-order valence-corrected chi connectivity index (χ1v) is 18.9. The fourth-order valence-corrected chi connectivity index (χ4v) is 9.44. The standard InChI is InChI=1S/C22H18O10.C21H28O3/c23-11-6-14(25)12-8-19(32-22(30)10-4-16(27)20(29)17(28)5-10)21(31-18(12)7-11)9-1-2-13(24)15(26)3-9;1-3-20(23)24-19-9-8-18-17-6-4-13-12-14(22)5-7-15(13)16(17)10-11-21(18,19)2/h1-7,19,21,23-29H,8H2;5,7,12,16-19,22H,3-4,6,8-11H2,1-2H3. The van der Waals surface area contributed by atoms with E-state index in [1.165, 1.54) is 54.7 Å². The molecule has 56 heavy (non-hydrogen) atoms. The quantitative estimate of drug-likeness (QED) is 0.0750. The Morgan fingerprint density at radius 1 is 0.768 bits per heavy atom. The first kappa shape index (κ1) is 38.3. The van der Waals surface area contributed by atoms with E-state index in [1.807, 2.05) is 19.1 Å². The minimum Gasteiger partial charge on any atom is -0.508 e. The molecule has 3 aliphatic carbocycles. The Bertz CT molecular complexity index is 2140. The summed E-state index contributed by atoms with van der Waals surface area (Å²) in [5.74, 6) is -2.11. The summed E-state index contributed by atoms with van der Waals surface area (Å²) >= 11 is 0. The molecule has 4 aromatic carbocycles. The monoisotopic (exact) mass is 770 g/mol. The molecular weight excluding hydrogens is 724 g/mol. The Morgan fingerprint density at radius 3 is 2.23 bits per heavy atom. The topological polar surface area (TPSA) is 224 Å². The maximum Gasteiger partial charge on any atom is 0.338 e. The van der Waals surface area contributed by atoms with E-state index < -0.39 is 41.2 Å². The fraction of sp³-hybridized carbons (Fsp3) is 0.395. The van der Waals surface area contributed by atoms with Crippen molar-refractivity contribution in [1.29, 1.82) is 0 Å². The molecule has 13 nitrogen and oxygen atoms in total. The van der Waals surface area contributed by atoms with Gasteiger partial charge in [0.2, 0.25) is 0 Å². The van der Waals surface area contributed by atoms with Gasteiger partial charge in [0.05, 0.1) is 5.56 Å². The van der Waals surface area contributed by atoms with Gasteiger partial charge in [-0.25, -0.2) is 4.79 Å². The SMILES string of the molecule is CCC(=O)OC1CCC2C3CCc4cc(O)ccc4C3CCC12C.O=C(OC1Cc2c(O)cc(O)cc2OC1c1ccc(O)c(O)c1)c1cc(O)c(O)c(O)c1. The van der Waals surface area contributed by atoms with E-state index in [4.69, 9.17) is 14.2 Å². The summed E-state index contributed by atoms with van der Waals surface area (Å²) in [7, 11) is 0. The molecule has 8 N–H and O–H groups in total. The molecule has 7 unspecified atom stereocenters. The number of ether oxygens (including phenoxy) is 3. The maximum absolute atomic E-state index is 12.7. The predicted octanol–water partition coefficient (Wildman–Crippen LogP) is 7.10. The summed E-state index contributed by atoms with van der Waals surface area (Å²) in [5, 5.41) is 78.0. The molecule has 4 aliphatic rings. The van der Waals surface area contributed by atoms with Gasteiger partial charge < -0.3 is 55.1 Å². The third kappa shape index (κ3) is 7.13. The minimum atomic E-state index is -1.06. The Kier molecular flexibility index (Phi) is 10.2. The Labute approximate surface area is 323 Å². The van der Waals surface area contributed by atoms with Crippen molar-refractivity contribution in [2.24, 2.45) is 17.3 Å². The van der Waals surface area contributed by atoms with Gasteiger partial charge in [-0.1, -0.05) is 26.0 Å². The second kappa shape index (κ2) is 14.9. The number of carbonyl (C=O) groups is 2. The van der Waals surface area contributed by atoms with Crippen LogP contribution >= 0.6 is 0 Å². The van der Waals surface area contributed by atoms with Crippen LogP contribution in [0, 0.1) is 17.3 Å². The van der Waals surface area contributed by atoms with Crippen LogP contribution in [-0.2, 0) is 27.1 Å². The highest BCUT2D eigenvalue weighted by molar-refractivity contribution is 5.91. The van der Waals surface area contributed by atoms with Crippen LogP contribution in [0.3, 0.4) is 0 Å². The van der Waals surface area contributed by atoms with Crippen molar-refractivity contribution >= 4 is 11.9 Å². The number of esters is 2. The molecule has 0 bridgehead atoms. The van der Waals surface area contributed by atoms with Gasteiger partial charge in [0.15, 0.2) is 34.9 Å². The molecule has 13 heteroatoms. The molecular formula is C43H46O13. The number of phenols is 8. The van der Waals surface area contributed by atoms with E-state index in [1.54, 1.807) is 0 Å². The van der Waals surface area contributed by atoms with Gasteiger partial charge in [0.25, 0.3) is 0 Å². The average Bonchev–Trinajstić information content (AvgIpc) is 3.50. The number of aromatic hydroxyl groups is 8. The lowest BCUT2D eigenvalue weighted by molar-refractivity contribution is -0.157. The molecule has 296 valence electrons. The number of rotatable bonds is 5. The first-order valence-electron chi connectivity index (χ1n) is 18.9. The van der Waals surface area contributed by atoms with Gasteiger partial charge in [-0.2, -0.15) is 0 Å². The van der Waals surface area contributed by atoms with Crippen molar-refractivity contribution in [3.05, 3.63) is 88.5 Å². The van der Waals surface area contributed by atoms with E-state index in [9.17, 15) is 50.4 Å². The summed E-state index contributed by atoms with van der Waals surface area (Å²) in [6.45, 7) is 4.24. The zero-order valence-electron chi connectivity index (χ0n) is 31.0. The van der Waals surface area contributed by atoms with E-state index in [0.717, 1.165) is 37.5 Å². The minimum absolute atomic E-state index is 0.0461. The van der Waals surface area contributed by atoms with Crippen LogP contribution in [0.4, 0.5) is 0 Å². The average molecular weight is 771 g/mol. The van der Waals surface area contributed by atoms with Gasteiger partial charge in [-0.3, -0.25) is 4.79 Å². The van der Waals surface area contributed by atoms with Crippen LogP contribution in [0.5, 0.6) is 51.7 Å². The number of phenolic OH excluding ortho intramolecular Hbond substituents is 8. The lowest BCUT2D eigenvalue weighted by Gasteiger charge is -2.50. The molecule has 0 radical (unpaired) electrons. The fourth-order valence-electron chi connectivity index (χ4n) is 9.44. The molecule has 1 heterocycles. The largest absolute Gasteiger partial charge is 0.508 e. The maximum atomic E-state index is 12.7. The van der Waals surface area contributed by atoms with Crippen LogP contribution in [0.2, 0.25) is 0 Å². The molecule has 0 saturated heterocycles. The van der Waals surface area contributed by atoms with Crippen LogP contribution in [0.1, 0.15) is 97.0 Å². The molecule has 2 fully saturated rings. The highest BCUT2D eigenvalue weighted by Crippen LogP contribution is 2.61. The molecule has 0 aromatic heterocycles. The number of carbonyl (C=O) groups excluding carboxylic acids is 2. The highest BCUT2D eigenvalue weighted by Gasteiger charge is 2.56. The predicted molar refractivity (Wildman–Crippen MR) is 200 cm³/mol. The van der Waals surface area contributed by atoms with Crippen LogP contribution < -0.4 is 4.74 Å². The number of hydrogen-bond acceptors (Lipinski definition) is 13. The van der Waals surface area contributed by atoms with Gasteiger partial charge in [-0.05, 0) is 104 Å². The number of benzene rings is 4. The molecule has 0 spiro atoms. The van der Waals surface area contributed by atoms with Crippen LogP contribution in [-0.4, -0.2) is 65.0 Å². The summed E-state index contributed by atoms with van der Waals surface area (Å²) in [6, 6.07) is 14.0. The number of fused-ring (bicyclic) bond motifs is 6. The van der Waals surface area contributed by atoms with Crippen molar-refractivity contribution in [2.45, 2.75) is 89.4 Å². The molecule has 2 saturated carbocycles. The highest BCUT2D eigenvalue weighted by atomic mass is 16.6. The molecule has 8 rings (SSSR count). The second-order valence-electron chi connectivity index (χ2n) is 15.5. The Hall–Kier alpha value is -5.98. The third-order valence-electron chi connectivity index (χ3n) is 12.2.